The van der Waals surface area contributed by atoms with Crippen molar-refractivity contribution < 1.29 is 8.42 Å². The van der Waals surface area contributed by atoms with E-state index in [0.717, 1.165) is 29.4 Å². The Labute approximate surface area is 140 Å². The molecule has 0 unspecified atom stereocenters. The lowest BCUT2D eigenvalue weighted by molar-refractivity contribution is 0.477. The fourth-order valence-corrected chi connectivity index (χ4v) is 4.70. The van der Waals surface area contributed by atoms with Gasteiger partial charge in [-0.2, -0.15) is 4.31 Å². The van der Waals surface area contributed by atoms with Gasteiger partial charge in [-0.1, -0.05) is 0 Å². The van der Waals surface area contributed by atoms with Crippen molar-refractivity contribution in [1.29, 1.82) is 0 Å². The zero-order valence-corrected chi connectivity index (χ0v) is 14.9. The highest BCUT2D eigenvalue weighted by Gasteiger charge is 2.27. The van der Waals surface area contributed by atoms with Crippen LogP contribution in [0.25, 0.3) is 0 Å². The van der Waals surface area contributed by atoms with E-state index >= 15 is 0 Å². The van der Waals surface area contributed by atoms with E-state index in [4.69, 9.17) is 0 Å². The number of nitrogens with zero attached hydrogens (tertiary/aromatic N) is 4. The van der Waals surface area contributed by atoms with Gasteiger partial charge in [-0.15, -0.1) is 11.3 Å². The third-order valence-electron chi connectivity index (χ3n) is 3.88. The third-order valence-corrected chi connectivity index (χ3v) is 6.58. The Morgan fingerprint density at radius 2 is 2.04 bits per heavy atom. The molecule has 0 bridgehead atoms. The molecule has 0 aliphatic carbocycles. The van der Waals surface area contributed by atoms with Crippen molar-refractivity contribution in [3.05, 3.63) is 34.4 Å². The van der Waals surface area contributed by atoms with Crippen molar-refractivity contribution >= 4 is 27.2 Å². The number of sulfonamides is 1. The largest absolute Gasteiger partial charge is 0.354 e. The van der Waals surface area contributed by atoms with E-state index in [-0.39, 0.29) is 4.90 Å². The van der Waals surface area contributed by atoms with Gasteiger partial charge in [0.1, 0.15) is 10.7 Å². The second kappa shape index (κ2) is 6.54. The van der Waals surface area contributed by atoms with Crippen LogP contribution in [0.2, 0.25) is 0 Å². The second-order valence-corrected chi connectivity index (χ2v) is 8.68. The van der Waals surface area contributed by atoms with E-state index in [1.807, 2.05) is 24.3 Å². The Balaban J connectivity index is 1.73. The fourth-order valence-electron chi connectivity index (χ4n) is 2.63. The second-order valence-electron chi connectivity index (χ2n) is 5.68. The molecule has 0 N–H and O–H groups in total. The van der Waals surface area contributed by atoms with Crippen molar-refractivity contribution in [3.8, 4) is 0 Å². The van der Waals surface area contributed by atoms with Crippen molar-refractivity contribution in [2.45, 2.75) is 31.2 Å². The van der Waals surface area contributed by atoms with Crippen LogP contribution in [0.5, 0.6) is 0 Å². The first kappa shape index (κ1) is 16.4. The van der Waals surface area contributed by atoms with Gasteiger partial charge in [0.2, 0.25) is 10.0 Å². The fraction of sp³-hybridized carbons (Fsp3) is 0.467. The highest BCUT2D eigenvalue weighted by Crippen LogP contribution is 2.22. The molecule has 1 aliphatic heterocycles. The van der Waals surface area contributed by atoms with Gasteiger partial charge in [0.05, 0.1) is 17.2 Å². The Morgan fingerprint density at radius 1 is 1.30 bits per heavy atom. The zero-order valence-electron chi connectivity index (χ0n) is 13.3. The van der Waals surface area contributed by atoms with Crippen molar-refractivity contribution in [2.24, 2.45) is 0 Å². The lowest BCUT2D eigenvalue weighted by Crippen LogP contribution is -2.28. The van der Waals surface area contributed by atoms with Gasteiger partial charge < -0.3 is 4.90 Å². The van der Waals surface area contributed by atoms with Crippen LogP contribution < -0.4 is 4.90 Å². The number of pyridine rings is 1. The SMILES string of the molecule is Cc1nc(CN(C)c2ccc(S(=O)(=O)N3CCCC3)cn2)cs1. The molecule has 1 fully saturated rings. The van der Waals surface area contributed by atoms with Gasteiger partial charge >= 0.3 is 0 Å². The maximum Gasteiger partial charge on any atom is 0.244 e. The highest BCUT2D eigenvalue weighted by atomic mass is 32.2. The molecule has 2 aromatic heterocycles. The van der Waals surface area contributed by atoms with E-state index < -0.39 is 10.0 Å². The van der Waals surface area contributed by atoms with Gasteiger partial charge in [-0.3, -0.25) is 0 Å². The minimum atomic E-state index is -3.40. The van der Waals surface area contributed by atoms with Gasteiger partial charge in [0, 0.05) is 31.7 Å². The predicted octanol–water partition coefficient (Wildman–Crippen LogP) is 2.27. The minimum absolute atomic E-state index is 0.265. The van der Waals surface area contributed by atoms with Crippen LogP contribution in [-0.4, -0.2) is 42.8 Å². The summed E-state index contributed by atoms with van der Waals surface area (Å²) in [7, 11) is -1.47. The van der Waals surface area contributed by atoms with E-state index in [1.54, 1.807) is 23.5 Å². The van der Waals surface area contributed by atoms with Crippen molar-refractivity contribution in [1.82, 2.24) is 14.3 Å². The molecule has 1 aliphatic rings. The van der Waals surface area contributed by atoms with Crippen LogP contribution in [0.15, 0.2) is 28.6 Å². The van der Waals surface area contributed by atoms with Gasteiger partial charge in [0.15, 0.2) is 0 Å². The summed E-state index contributed by atoms with van der Waals surface area (Å²) in [5, 5.41) is 3.06. The molecule has 0 spiro atoms. The molecule has 6 nitrogen and oxygen atoms in total. The smallest absolute Gasteiger partial charge is 0.244 e. The molecule has 3 rings (SSSR count). The van der Waals surface area contributed by atoms with Crippen LogP contribution in [0.3, 0.4) is 0 Å². The molecule has 0 radical (unpaired) electrons. The first-order valence-electron chi connectivity index (χ1n) is 7.55. The van der Waals surface area contributed by atoms with Gasteiger partial charge in [0.25, 0.3) is 0 Å². The number of rotatable bonds is 5. The first-order valence-corrected chi connectivity index (χ1v) is 9.87. The molecule has 8 heteroatoms. The highest BCUT2D eigenvalue weighted by molar-refractivity contribution is 7.89. The molecular weight excluding hydrogens is 332 g/mol. The van der Waals surface area contributed by atoms with Gasteiger partial charge in [-0.25, -0.2) is 18.4 Å². The maximum absolute atomic E-state index is 12.5. The Hall–Kier alpha value is -1.51. The number of aryl methyl sites for hydroxylation is 1. The predicted molar refractivity (Wildman–Crippen MR) is 91.2 cm³/mol. The van der Waals surface area contributed by atoms with Crippen molar-refractivity contribution in [3.63, 3.8) is 0 Å². The molecular formula is C15H20N4O2S2. The van der Waals surface area contributed by atoms with E-state index in [9.17, 15) is 8.42 Å². The van der Waals surface area contributed by atoms with E-state index in [2.05, 4.69) is 9.97 Å². The monoisotopic (exact) mass is 352 g/mol. The van der Waals surface area contributed by atoms with Crippen LogP contribution in [0.4, 0.5) is 5.82 Å². The molecule has 0 saturated carbocycles. The average Bonchev–Trinajstić information content (AvgIpc) is 3.19. The van der Waals surface area contributed by atoms with Crippen molar-refractivity contribution in [2.75, 3.05) is 25.0 Å². The molecule has 2 aromatic rings. The maximum atomic E-state index is 12.5. The Morgan fingerprint density at radius 3 is 2.61 bits per heavy atom. The van der Waals surface area contributed by atoms with Crippen LogP contribution in [0, 0.1) is 6.92 Å². The molecule has 0 atom stereocenters. The number of hydrogen-bond donors (Lipinski definition) is 0. The summed E-state index contributed by atoms with van der Waals surface area (Å²) in [6, 6.07) is 3.39. The topological polar surface area (TPSA) is 66.4 Å². The van der Waals surface area contributed by atoms with Gasteiger partial charge in [-0.05, 0) is 31.9 Å². The Bertz CT molecular complexity index is 765. The van der Waals surface area contributed by atoms with Crippen LogP contribution in [0.1, 0.15) is 23.5 Å². The summed E-state index contributed by atoms with van der Waals surface area (Å²) < 4.78 is 26.5. The average molecular weight is 352 g/mol. The molecule has 0 aromatic carbocycles. The standard InChI is InChI=1S/C15H20N4O2S2/c1-12-17-13(11-22-12)10-18(2)15-6-5-14(9-16-15)23(20,21)19-7-3-4-8-19/h5-6,9,11H,3-4,7-8,10H2,1-2H3. The Kier molecular flexibility index (Phi) is 4.65. The summed E-state index contributed by atoms with van der Waals surface area (Å²) >= 11 is 1.62. The molecule has 3 heterocycles. The zero-order chi connectivity index (χ0) is 16.4. The lowest BCUT2D eigenvalue weighted by atomic mass is 10.4. The minimum Gasteiger partial charge on any atom is -0.354 e. The van der Waals surface area contributed by atoms with E-state index in [0.29, 0.717) is 19.6 Å². The summed E-state index contributed by atoms with van der Waals surface area (Å²) in [6.07, 6.45) is 3.31. The molecule has 124 valence electrons. The molecule has 23 heavy (non-hydrogen) atoms. The number of thiazole rings is 1. The number of anilines is 1. The first-order chi connectivity index (χ1) is 11.0. The summed E-state index contributed by atoms with van der Waals surface area (Å²) in [4.78, 5) is 11.0. The van der Waals surface area contributed by atoms with Crippen LogP contribution in [-0.2, 0) is 16.6 Å². The number of aromatic nitrogens is 2. The quantitative estimate of drug-likeness (QED) is 0.826. The molecule has 1 saturated heterocycles. The summed E-state index contributed by atoms with van der Waals surface area (Å²) in [5.41, 5.74) is 0.991. The third kappa shape index (κ3) is 3.54. The normalized spacial score (nSPS) is 15.9. The van der Waals surface area contributed by atoms with Crippen LogP contribution >= 0.6 is 11.3 Å². The van der Waals surface area contributed by atoms with E-state index in [1.165, 1.54) is 10.5 Å². The summed E-state index contributed by atoms with van der Waals surface area (Å²) in [5.74, 6) is 0.732. The lowest BCUT2D eigenvalue weighted by Gasteiger charge is -2.18. The summed E-state index contributed by atoms with van der Waals surface area (Å²) in [6.45, 7) is 3.83. The number of hydrogen-bond acceptors (Lipinski definition) is 6. The molecule has 0 amide bonds.